The second-order valence-electron chi connectivity index (χ2n) is 4.06. The third-order valence-corrected chi connectivity index (χ3v) is 4.10. The van der Waals surface area contributed by atoms with Crippen molar-refractivity contribution in [1.29, 1.82) is 0 Å². The number of rotatable bonds is 2. The van der Waals surface area contributed by atoms with E-state index in [1.165, 1.54) is 0 Å². The molecule has 2 atom stereocenters. The molecule has 0 radical (unpaired) electrons. The Morgan fingerprint density at radius 1 is 1.38 bits per heavy atom. The van der Waals surface area contributed by atoms with Crippen LogP contribution in [0.15, 0.2) is 18.2 Å². The van der Waals surface area contributed by atoms with Gasteiger partial charge in [-0.15, -0.1) is 0 Å². The second kappa shape index (κ2) is 5.23. The van der Waals surface area contributed by atoms with Crippen molar-refractivity contribution < 1.29 is 13.5 Å². The van der Waals surface area contributed by atoms with Crippen molar-refractivity contribution in [1.82, 2.24) is 0 Å². The summed E-state index contributed by atoms with van der Waals surface area (Å²) in [5.74, 6) is -1.29. The molecule has 0 aromatic heterocycles. The second-order valence-corrected chi connectivity index (χ2v) is 5.23. The van der Waals surface area contributed by atoms with Crippen molar-refractivity contribution in [3.8, 4) is 0 Å². The van der Waals surface area contributed by atoms with Crippen LogP contribution in [0.2, 0.25) is 0 Å². The molecule has 1 aliphatic rings. The number of hydrogen-bond acceptors (Lipinski definition) is 1. The zero-order chi connectivity index (χ0) is 11.5. The van der Waals surface area contributed by atoms with Gasteiger partial charge in [-0.05, 0) is 30.4 Å². The first-order valence-corrected chi connectivity index (χ1v) is 6.24. The maximum atomic E-state index is 13.5. The average Bonchev–Trinajstić information content (AvgIpc) is 2.28. The first-order chi connectivity index (χ1) is 7.68. The predicted molar refractivity (Wildman–Crippen MR) is 61.7 cm³/mol. The van der Waals surface area contributed by atoms with Crippen LogP contribution in [-0.4, -0.2) is 18.0 Å². The molecule has 1 saturated heterocycles. The van der Waals surface area contributed by atoms with Gasteiger partial charge < -0.3 is 4.74 Å². The lowest BCUT2D eigenvalue weighted by Crippen LogP contribution is -2.29. The van der Waals surface area contributed by atoms with Gasteiger partial charge in [0.25, 0.3) is 0 Å². The Bertz CT molecular complexity index is 370. The molecule has 1 aromatic carbocycles. The number of benzene rings is 1. The maximum Gasteiger partial charge on any atom is 0.162 e. The van der Waals surface area contributed by atoms with Crippen LogP contribution in [0, 0.1) is 17.6 Å². The molecular formula is C12H13BrF2O. The highest BCUT2D eigenvalue weighted by molar-refractivity contribution is 9.09. The van der Waals surface area contributed by atoms with Crippen molar-refractivity contribution in [2.75, 3.05) is 13.2 Å². The molecule has 0 bridgehead atoms. The molecule has 0 aliphatic carbocycles. The molecule has 1 aliphatic heterocycles. The summed E-state index contributed by atoms with van der Waals surface area (Å²) in [5, 5.41) is 0. The number of halogens is 3. The molecule has 1 heterocycles. The van der Waals surface area contributed by atoms with Gasteiger partial charge in [0, 0.05) is 11.4 Å². The Kier molecular flexibility index (Phi) is 3.92. The minimum atomic E-state index is -0.777. The Hall–Kier alpha value is -0.480. The molecule has 1 aromatic rings. The fourth-order valence-electron chi connectivity index (χ4n) is 1.95. The van der Waals surface area contributed by atoms with Crippen LogP contribution >= 0.6 is 15.9 Å². The van der Waals surface area contributed by atoms with Gasteiger partial charge in [-0.1, -0.05) is 28.1 Å². The SMILES string of the molecule is Fc1cccc(CC2COCCC2Br)c1F. The van der Waals surface area contributed by atoms with Gasteiger partial charge in [-0.25, -0.2) is 8.78 Å². The van der Waals surface area contributed by atoms with Crippen molar-refractivity contribution in [2.24, 2.45) is 5.92 Å². The van der Waals surface area contributed by atoms with Crippen molar-refractivity contribution >= 4 is 15.9 Å². The first kappa shape index (κ1) is 12.0. The molecule has 1 fully saturated rings. The van der Waals surface area contributed by atoms with Crippen LogP contribution < -0.4 is 0 Å². The van der Waals surface area contributed by atoms with Crippen LogP contribution in [0.1, 0.15) is 12.0 Å². The van der Waals surface area contributed by atoms with E-state index in [1.807, 2.05) is 0 Å². The van der Waals surface area contributed by atoms with E-state index < -0.39 is 11.6 Å². The monoisotopic (exact) mass is 290 g/mol. The van der Waals surface area contributed by atoms with E-state index >= 15 is 0 Å². The molecule has 88 valence electrons. The van der Waals surface area contributed by atoms with Crippen LogP contribution in [0.5, 0.6) is 0 Å². The summed E-state index contributed by atoms with van der Waals surface area (Å²) in [6.45, 7) is 1.34. The fourth-order valence-corrected chi connectivity index (χ4v) is 2.47. The van der Waals surface area contributed by atoms with Gasteiger partial charge in [0.1, 0.15) is 0 Å². The van der Waals surface area contributed by atoms with E-state index in [-0.39, 0.29) is 5.92 Å². The summed E-state index contributed by atoms with van der Waals surface area (Å²) in [7, 11) is 0. The first-order valence-electron chi connectivity index (χ1n) is 5.33. The molecule has 0 spiro atoms. The molecule has 0 saturated carbocycles. The highest BCUT2D eigenvalue weighted by Crippen LogP contribution is 2.26. The van der Waals surface area contributed by atoms with E-state index in [4.69, 9.17) is 4.74 Å². The maximum absolute atomic E-state index is 13.5. The zero-order valence-electron chi connectivity index (χ0n) is 8.76. The van der Waals surface area contributed by atoms with Gasteiger partial charge in [0.05, 0.1) is 6.61 Å². The van der Waals surface area contributed by atoms with Gasteiger partial charge in [-0.2, -0.15) is 0 Å². The highest BCUT2D eigenvalue weighted by Gasteiger charge is 2.25. The summed E-state index contributed by atoms with van der Waals surface area (Å²) in [5.41, 5.74) is 0.431. The van der Waals surface area contributed by atoms with E-state index in [9.17, 15) is 8.78 Å². The highest BCUT2D eigenvalue weighted by atomic mass is 79.9. The molecule has 0 N–H and O–H groups in total. The summed E-state index contributed by atoms with van der Waals surface area (Å²) in [6, 6.07) is 4.31. The Morgan fingerprint density at radius 2 is 2.19 bits per heavy atom. The normalized spacial score (nSPS) is 25.7. The Labute approximate surface area is 102 Å². The average molecular weight is 291 g/mol. The standard InChI is InChI=1S/C12H13BrF2O/c13-10-4-5-16-7-9(10)6-8-2-1-3-11(14)12(8)15/h1-3,9-10H,4-7H2. The van der Waals surface area contributed by atoms with Crippen LogP contribution in [-0.2, 0) is 11.2 Å². The van der Waals surface area contributed by atoms with Crippen molar-refractivity contribution in [3.05, 3.63) is 35.4 Å². The minimum absolute atomic E-state index is 0.213. The molecule has 2 unspecified atom stereocenters. The third-order valence-electron chi connectivity index (χ3n) is 2.90. The lowest BCUT2D eigenvalue weighted by atomic mass is 9.94. The summed E-state index contributed by atoms with van der Waals surface area (Å²) >= 11 is 3.56. The quantitative estimate of drug-likeness (QED) is 0.760. The van der Waals surface area contributed by atoms with Crippen LogP contribution in [0.3, 0.4) is 0 Å². The molecule has 1 nitrogen and oxygen atoms in total. The lowest BCUT2D eigenvalue weighted by molar-refractivity contribution is 0.0602. The van der Waals surface area contributed by atoms with Crippen molar-refractivity contribution in [3.63, 3.8) is 0 Å². The fraction of sp³-hybridized carbons (Fsp3) is 0.500. The Balaban J connectivity index is 2.10. The molecular weight excluding hydrogens is 278 g/mol. The third kappa shape index (κ3) is 2.61. The van der Waals surface area contributed by atoms with Gasteiger partial charge in [0.15, 0.2) is 11.6 Å². The number of hydrogen-bond donors (Lipinski definition) is 0. The molecule has 2 rings (SSSR count). The van der Waals surface area contributed by atoms with E-state index in [0.717, 1.165) is 19.1 Å². The van der Waals surface area contributed by atoms with E-state index in [0.29, 0.717) is 23.4 Å². The Morgan fingerprint density at radius 3 is 2.94 bits per heavy atom. The van der Waals surface area contributed by atoms with Crippen LogP contribution in [0.4, 0.5) is 8.78 Å². The lowest BCUT2D eigenvalue weighted by Gasteiger charge is -2.27. The zero-order valence-corrected chi connectivity index (χ0v) is 10.3. The van der Waals surface area contributed by atoms with E-state index in [2.05, 4.69) is 15.9 Å². The largest absolute Gasteiger partial charge is 0.381 e. The molecule has 16 heavy (non-hydrogen) atoms. The predicted octanol–water partition coefficient (Wildman–Crippen LogP) is 3.31. The smallest absolute Gasteiger partial charge is 0.162 e. The number of ether oxygens (including phenoxy) is 1. The van der Waals surface area contributed by atoms with Crippen molar-refractivity contribution in [2.45, 2.75) is 17.7 Å². The van der Waals surface area contributed by atoms with E-state index in [1.54, 1.807) is 12.1 Å². The minimum Gasteiger partial charge on any atom is -0.381 e. The topological polar surface area (TPSA) is 9.23 Å². The van der Waals surface area contributed by atoms with Gasteiger partial charge in [0.2, 0.25) is 0 Å². The molecule has 4 heteroatoms. The van der Waals surface area contributed by atoms with Gasteiger partial charge >= 0.3 is 0 Å². The summed E-state index contributed by atoms with van der Waals surface area (Å²) in [6.07, 6.45) is 1.43. The summed E-state index contributed by atoms with van der Waals surface area (Å²) < 4.78 is 31.8. The molecule has 0 amide bonds. The summed E-state index contributed by atoms with van der Waals surface area (Å²) in [4.78, 5) is 0.323. The van der Waals surface area contributed by atoms with Gasteiger partial charge in [-0.3, -0.25) is 0 Å². The number of alkyl halides is 1. The van der Waals surface area contributed by atoms with Crippen LogP contribution in [0.25, 0.3) is 0 Å².